The van der Waals surface area contributed by atoms with E-state index in [1.165, 1.54) is 0 Å². The van der Waals surface area contributed by atoms with Crippen LogP contribution in [-0.4, -0.2) is 55.2 Å². The first-order valence-corrected chi connectivity index (χ1v) is 6.30. The molecule has 1 fully saturated rings. The lowest BCUT2D eigenvalue weighted by Crippen LogP contribution is -2.63. The second kappa shape index (κ2) is 4.73. The smallest absolute Gasteiger partial charge is 0.438 e. The highest BCUT2D eigenvalue weighted by molar-refractivity contribution is 7.85. The number of hydrogen-bond donors (Lipinski definition) is 1. The highest BCUT2D eigenvalue weighted by Gasteiger charge is 2.75. The molecule has 1 heterocycles. The summed E-state index contributed by atoms with van der Waals surface area (Å²) in [6.07, 6.45) is -12.7. The van der Waals surface area contributed by atoms with Crippen molar-refractivity contribution in [2.75, 3.05) is 12.3 Å². The molecule has 20 heavy (non-hydrogen) atoms. The van der Waals surface area contributed by atoms with Crippen LogP contribution in [0.5, 0.6) is 0 Å². The molecule has 0 aromatic rings. The predicted octanol–water partition coefficient (Wildman–Crippen LogP) is -0.0900. The Morgan fingerprint density at radius 3 is 1.85 bits per heavy atom. The van der Waals surface area contributed by atoms with E-state index >= 15 is 0 Å². The first-order chi connectivity index (χ1) is 8.70. The number of esters is 1. The second-order valence-corrected chi connectivity index (χ2v) is 5.31. The third-order valence-corrected chi connectivity index (χ3v) is 3.02. The van der Waals surface area contributed by atoms with Crippen molar-refractivity contribution in [2.24, 2.45) is 0 Å². The maximum Gasteiger partial charge on any atom is 0.438 e. The molecule has 13 heteroatoms. The van der Waals surface area contributed by atoms with Crippen molar-refractivity contribution in [2.45, 2.75) is 24.0 Å². The van der Waals surface area contributed by atoms with Gasteiger partial charge in [-0.25, -0.2) is 8.42 Å². The second-order valence-electron chi connectivity index (χ2n) is 3.91. The molecule has 1 atom stereocenters. The van der Waals surface area contributed by atoms with Crippen LogP contribution in [0.25, 0.3) is 0 Å². The van der Waals surface area contributed by atoms with Gasteiger partial charge < -0.3 is 14.6 Å². The molecule has 1 aliphatic rings. The van der Waals surface area contributed by atoms with Gasteiger partial charge in [0.15, 0.2) is 0 Å². The number of alkyl halides is 6. The Bertz CT molecular complexity index is 479. The highest BCUT2D eigenvalue weighted by Crippen LogP contribution is 2.47. The molecule has 118 valence electrons. The average molecular weight is 330 g/mol. The number of halogens is 6. The van der Waals surface area contributed by atoms with Crippen molar-refractivity contribution < 1.29 is 48.8 Å². The van der Waals surface area contributed by atoms with Crippen molar-refractivity contribution in [3.63, 3.8) is 0 Å². The van der Waals surface area contributed by atoms with Gasteiger partial charge in [0.1, 0.15) is 6.04 Å². The lowest BCUT2D eigenvalue weighted by Gasteiger charge is -2.36. The molecular formula is C7H6F6NO5S-. The Hall–Kier alpha value is -1.08. The SMILES string of the molecule is O=C(OC(CS(=O)(=O)[O-])(C(F)(F)F)C(F)(F)F)C1CN1. The van der Waals surface area contributed by atoms with Crippen LogP contribution in [-0.2, 0) is 19.6 Å². The predicted molar refractivity (Wildman–Crippen MR) is 47.3 cm³/mol. The highest BCUT2D eigenvalue weighted by atomic mass is 32.2. The van der Waals surface area contributed by atoms with Crippen molar-refractivity contribution in [1.29, 1.82) is 0 Å². The zero-order valence-electron chi connectivity index (χ0n) is 9.21. The van der Waals surface area contributed by atoms with Crippen molar-refractivity contribution in [1.82, 2.24) is 5.32 Å². The Kier molecular flexibility index (Phi) is 4.02. The zero-order valence-corrected chi connectivity index (χ0v) is 10.0. The standard InChI is InChI=1S/C7H7F6NO5S/c8-6(9,10)5(7(11,12)13,2-20(16,17)18)19-4(15)3-1-14-3/h3,14H,1-2H2,(H,16,17,18)/p-1. The van der Waals surface area contributed by atoms with E-state index in [4.69, 9.17) is 0 Å². The Balaban J connectivity index is 3.29. The van der Waals surface area contributed by atoms with E-state index in [0.717, 1.165) is 0 Å². The summed E-state index contributed by atoms with van der Waals surface area (Å²) in [4.78, 5) is 11.0. The number of nitrogens with one attached hydrogen (secondary N) is 1. The largest absolute Gasteiger partial charge is 0.748 e. The fourth-order valence-corrected chi connectivity index (χ4v) is 2.07. The molecule has 0 spiro atoms. The van der Waals surface area contributed by atoms with Crippen LogP contribution in [0.3, 0.4) is 0 Å². The zero-order chi connectivity index (χ0) is 16.0. The third-order valence-electron chi connectivity index (χ3n) is 2.26. The summed E-state index contributed by atoms with van der Waals surface area (Å²) in [6.45, 7) is -0.214. The minimum absolute atomic E-state index is 0.214. The maximum absolute atomic E-state index is 12.6. The van der Waals surface area contributed by atoms with Gasteiger partial charge in [-0.2, -0.15) is 26.3 Å². The van der Waals surface area contributed by atoms with Crippen LogP contribution in [0.4, 0.5) is 26.3 Å². The quantitative estimate of drug-likeness (QED) is 0.334. The molecule has 1 saturated heterocycles. The third kappa shape index (κ3) is 3.52. The number of hydrogen-bond acceptors (Lipinski definition) is 6. The van der Waals surface area contributed by atoms with E-state index in [1.54, 1.807) is 0 Å². The van der Waals surface area contributed by atoms with E-state index < -0.39 is 45.8 Å². The Morgan fingerprint density at radius 2 is 1.60 bits per heavy atom. The van der Waals surface area contributed by atoms with Crippen LogP contribution in [0, 0.1) is 0 Å². The van der Waals surface area contributed by atoms with Gasteiger partial charge in [0.05, 0.1) is 15.9 Å². The molecule has 0 amide bonds. The topological polar surface area (TPSA) is 105 Å². The first-order valence-electron chi connectivity index (χ1n) is 4.73. The van der Waals surface area contributed by atoms with Crippen LogP contribution in [0.15, 0.2) is 0 Å². The van der Waals surface area contributed by atoms with Crippen molar-refractivity contribution in [3.8, 4) is 0 Å². The average Bonchev–Trinajstić information content (AvgIpc) is 2.92. The fraction of sp³-hybridized carbons (Fsp3) is 0.857. The molecule has 0 aromatic heterocycles. The van der Waals surface area contributed by atoms with Crippen molar-refractivity contribution in [3.05, 3.63) is 0 Å². The number of ether oxygens (including phenoxy) is 1. The molecule has 0 saturated carbocycles. The van der Waals surface area contributed by atoms with Gasteiger partial charge in [0.2, 0.25) is 0 Å². The van der Waals surface area contributed by atoms with Gasteiger partial charge in [0, 0.05) is 6.54 Å². The van der Waals surface area contributed by atoms with Gasteiger partial charge in [-0.3, -0.25) is 4.79 Å². The van der Waals surface area contributed by atoms with Crippen LogP contribution in [0.2, 0.25) is 0 Å². The summed E-state index contributed by atoms with van der Waals surface area (Å²) in [7, 11) is -5.99. The van der Waals surface area contributed by atoms with Gasteiger partial charge in [-0.1, -0.05) is 0 Å². The van der Waals surface area contributed by atoms with Crippen LogP contribution in [0.1, 0.15) is 0 Å². The van der Waals surface area contributed by atoms with Gasteiger partial charge in [-0.05, 0) is 0 Å². The lowest BCUT2D eigenvalue weighted by molar-refractivity contribution is -0.361. The summed E-state index contributed by atoms with van der Waals surface area (Å²) in [6, 6.07) is -1.39. The van der Waals surface area contributed by atoms with E-state index in [1.807, 2.05) is 0 Å². The van der Waals surface area contributed by atoms with Gasteiger partial charge >= 0.3 is 23.9 Å². The van der Waals surface area contributed by atoms with E-state index in [-0.39, 0.29) is 6.54 Å². The summed E-state index contributed by atoms with van der Waals surface area (Å²) < 4.78 is 110. The van der Waals surface area contributed by atoms with E-state index in [2.05, 4.69) is 10.1 Å². The first kappa shape index (κ1) is 17.0. The Labute approximate surface area is 107 Å². The summed E-state index contributed by atoms with van der Waals surface area (Å²) in [5.74, 6) is -4.92. The van der Waals surface area contributed by atoms with Gasteiger partial charge in [0.25, 0.3) is 0 Å². The molecule has 1 rings (SSSR count). The van der Waals surface area contributed by atoms with Gasteiger partial charge in [-0.15, -0.1) is 0 Å². The van der Waals surface area contributed by atoms with E-state index in [0.29, 0.717) is 0 Å². The molecule has 0 aromatic carbocycles. The van der Waals surface area contributed by atoms with Crippen LogP contribution < -0.4 is 5.32 Å². The number of rotatable bonds is 4. The summed E-state index contributed by atoms with van der Waals surface area (Å²) in [5.41, 5.74) is -5.39. The molecular weight excluding hydrogens is 324 g/mol. The molecule has 0 radical (unpaired) electrons. The molecule has 1 N–H and O–H groups in total. The summed E-state index contributed by atoms with van der Waals surface area (Å²) in [5, 5.41) is 2.09. The minimum Gasteiger partial charge on any atom is -0.748 e. The monoisotopic (exact) mass is 330 g/mol. The molecule has 1 unspecified atom stereocenters. The minimum atomic E-state index is -6.33. The molecule has 6 nitrogen and oxygen atoms in total. The number of carbonyl (C=O) groups is 1. The summed E-state index contributed by atoms with van der Waals surface area (Å²) >= 11 is 0. The Morgan fingerprint density at radius 1 is 1.20 bits per heavy atom. The van der Waals surface area contributed by atoms with E-state index in [9.17, 15) is 44.1 Å². The molecule has 1 aliphatic heterocycles. The van der Waals surface area contributed by atoms with Crippen molar-refractivity contribution >= 4 is 16.1 Å². The normalized spacial score (nSPS) is 20.6. The maximum atomic E-state index is 12.6. The lowest BCUT2D eigenvalue weighted by atomic mass is 10.1. The molecule has 0 bridgehead atoms. The number of carbonyl (C=O) groups excluding carboxylic acids is 1. The molecule has 0 aliphatic carbocycles. The van der Waals surface area contributed by atoms with Crippen LogP contribution >= 0.6 is 0 Å². The fourth-order valence-electron chi connectivity index (χ4n) is 1.19.